The molecule has 1 aliphatic rings. The largest absolute Gasteiger partial charge is 0.497 e. The molecule has 0 aromatic heterocycles. The number of rotatable bonds is 6. The molecular formula is C26H29BFNO4. The second kappa shape index (κ2) is 8.73. The van der Waals surface area contributed by atoms with Crippen molar-refractivity contribution in [1.29, 1.82) is 0 Å². The van der Waals surface area contributed by atoms with Crippen molar-refractivity contribution in [3.63, 3.8) is 0 Å². The third kappa shape index (κ3) is 4.43. The van der Waals surface area contributed by atoms with Crippen LogP contribution in [0.2, 0.25) is 0 Å². The lowest BCUT2D eigenvalue weighted by molar-refractivity contribution is 0.00578. The van der Waals surface area contributed by atoms with Crippen molar-refractivity contribution < 1.29 is 23.2 Å². The van der Waals surface area contributed by atoms with Crippen LogP contribution >= 0.6 is 0 Å². The molecule has 4 rings (SSSR count). The lowest BCUT2D eigenvalue weighted by Gasteiger charge is -2.32. The normalized spacial score (nSPS) is 16.5. The van der Waals surface area contributed by atoms with Gasteiger partial charge in [0.1, 0.15) is 17.3 Å². The molecule has 172 valence electrons. The second-order valence-electron chi connectivity index (χ2n) is 9.03. The van der Waals surface area contributed by atoms with Crippen LogP contribution in [0.15, 0.2) is 66.7 Å². The number of halogens is 1. The third-order valence-corrected chi connectivity index (χ3v) is 6.41. The van der Waals surface area contributed by atoms with Crippen molar-refractivity contribution in [2.24, 2.45) is 0 Å². The summed E-state index contributed by atoms with van der Waals surface area (Å²) in [6, 6.07) is 20.3. The van der Waals surface area contributed by atoms with E-state index in [1.165, 1.54) is 6.07 Å². The SMILES string of the molecule is COc1ccc(N(c2ccc(OC)cc2)c2ccc(B3OC(C)(C)C(C)(C)O3)c(F)c2)cc1. The molecule has 1 aliphatic heterocycles. The van der Waals surface area contributed by atoms with E-state index in [1.54, 1.807) is 20.3 Å². The highest BCUT2D eigenvalue weighted by Crippen LogP contribution is 2.38. The third-order valence-electron chi connectivity index (χ3n) is 6.41. The Morgan fingerprint density at radius 1 is 0.697 bits per heavy atom. The molecule has 0 saturated carbocycles. The van der Waals surface area contributed by atoms with Gasteiger partial charge in [0.25, 0.3) is 0 Å². The number of ether oxygens (including phenoxy) is 2. The predicted molar refractivity (Wildman–Crippen MR) is 130 cm³/mol. The van der Waals surface area contributed by atoms with Gasteiger partial charge in [-0.15, -0.1) is 0 Å². The monoisotopic (exact) mass is 449 g/mol. The van der Waals surface area contributed by atoms with Gasteiger partial charge in [0.15, 0.2) is 0 Å². The fourth-order valence-electron chi connectivity index (χ4n) is 3.73. The van der Waals surface area contributed by atoms with E-state index in [2.05, 4.69) is 0 Å². The minimum atomic E-state index is -0.764. The first kappa shape index (κ1) is 23.1. The topological polar surface area (TPSA) is 40.2 Å². The predicted octanol–water partition coefficient (Wildman–Crippen LogP) is 5.61. The highest BCUT2D eigenvalue weighted by molar-refractivity contribution is 6.62. The van der Waals surface area contributed by atoms with Crippen molar-refractivity contribution in [1.82, 2.24) is 0 Å². The van der Waals surface area contributed by atoms with E-state index in [0.29, 0.717) is 11.2 Å². The van der Waals surface area contributed by atoms with Gasteiger partial charge in [-0.25, -0.2) is 4.39 Å². The Labute approximate surface area is 195 Å². The van der Waals surface area contributed by atoms with E-state index in [9.17, 15) is 0 Å². The van der Waals surface area contributed by atoms with E-state index >= 15 is 4.39 Å². The molecule has 0 aliphatic carbocycles. The Morgan fingerprint density at radius 3 is 1.52 bits per heavy atom. The molecule has 0 spiro atoms. The van der Waals surface area contributed by atoms with Crippen LogP contribution < -0.4 is 19.8 Å². The zero-order chi connectivity index (χ0) is 23.8. The maximum absolute atomic E-state index is 15.4. The van der Waals surface area contributed by atoms with Gasteiger partial charge < -0.3 is 23.7 Å². The van der Waals surface area contributed by atoms with Gasteiger partial charge in [0.2, 0.25) is 0 Å². The molecule has 0 radical (unpaired) electrons. The fraction of sp³-hybridized carbons (Fsp3) is 0.308. The van der Waals surface area contributed by atoms with Crippen LogP contribution in [0.4, 0.5) is 21.5 Å². The van der Waals surface area contributed by atoms with Gasteiger partial charge in [-0.3, -0.25) is 0 Å². The lowest BCUT2D eigenvalue weighted by Crippen LogP contribution is -2.41. The number of anilines is 3. The van der Waals surface area contributed by atoms with Crippen LogP contribution in [-0.4, -0.2) is 32.5 Å². The Bertz CT molecular complexity index is 1050. The van der Waals surface area contributed by atoms with Crippen LogP contribution in [-0.2, 0) is 9.31 Å². The summed E-state index contributed by atoms with van der Waals surface area (Å²) in [5.74, 6) is 1.10. The standard InChI is InChI=1S/C26H29BFNO4/c1-25(2)26(3,4)33-27(32-25)23-16-11-20(17-24(23)28)29(18-7-12-21(30-5)13-8-18)19-9-14-22(31-6)15-10-19/h7-17H,1-6H3. The lowest BCUT2D eigenvalue weighted by atomic mass is 9.78. The van der Waals surface area contributed by atoms with Gasteiger partial charge in [0, 0.05) is 22.5 Å². The van der Waals surface area contributed by atoms with Crippen molar-refractivity contribution in [3.8, 4) is 11.5 Å². The minimum Gasteiger partial charge on any atom is -0.497 e. The maximum Gasteiger partial charge on any atom is 0.497 e. The zero-order valence-corrected chi connectivity index (χ0v) is 19.9. The summed E-state index contributed by atoms with van der Waals surface area (Å²) in [5, 5.41) is 0. The first-order valence-corrected chi connectivity index (χ1v) is 10.9. The molecule has 0 unspecified atom stereocenters. The first-order valence-electron chi connectivity index (χ1n) is 10.9. The molecule has 3 aromatic rings. The average Bonchev–Trinajstić information content (AvgIpc) is 3.01. The summed E-state index contributed by atoms with van der Waals surface area (Å²) in [5.41, 5.74) is 1.69. The number of hydrogen-bond donors (Lipinski definition) is 0. The summed E-state index contributed by atoms with van der Waals surface area (Å²) in [4.78, 5) is 1.97. The molecule has 3 aromatic carbocycles. The van der Waals surface area contributed by atoms with Crippen LogP contribution in [0.5, 0.6) is 11.5 Å². The van der Waals surface area contributed by atoms with Gasteiger partial charge in [-0.1, -0.05) is 6.07 Å². The number of nitrogens with zero attached hydrogens (tertiary/aromatic N) is 1. The molecule has 33 heavy (non-hydrogen) atoms. The summed E-state index contributed by atoms with van der Waals surface area (Å²) in [6.45, 7) is 7.81. The Kier molecular flexibility index (Phi) is 6.12. The summed E-state index contributed by atoms with van der Waals surface area (Å²) in [6.07, 6.45) is 0. The summed E-state index contributed by atoms with van der Waals surface area (Å²) < 4.78 is 38.1. The van der Waals surface area contributed by atoms with Crippen molar-refractivity contribution in [2.45, 2.75) is 38.9 Å². The van der Waals surface area contributed by atoms with Crippen molar-refractivity contribution in [3.05, 3.63) is 72.5 Å². The number of hydrogen-bond acceptors (Lipinski definition) is 5. The van der Waals surface area contributed by atoms with E-state index in [0.717, 1.165) is 22.9 Å². The first-order chi connectivity index (χ1) is 15.6. The van der Waals surface area contributed by atoms with E-state index < -0.39 is 24.1 Å². The van der Waals surface area contributed by atoms with Gasteiger partial charge in [-0.05, 0) is 88.4 Å². The Balaban J connectivity index is 1.73. The molecule has 0 amide bonds. The van der Waals surface area contributed by atoms with Crippen LogP contribution in [0.25, 0.3) is 0 Å². The van der Waals surface area contributed by atoms with Crippen molar-refractivity contribution >= 4 is 29.6 Å². The molecule has 1 saturated heterocycles. The van der Waals surface area contributed by atoms with E-state index in [-0.39, 0.29) is 0 Å². The van der Waals surface area contributed by atoms with Crippen LogP contribution in [0.3, 0.4) is 0 Å². The second-order valence-corrected chi connectivity index (χ2v) is 9.03. The minimum absolute atomic E-state index is 0.377. The van der Waals surface area contributed by atoms with Gasteiger partial charge in [0.05, 0.1) is 25.4 Å². The molecule has 1 heterocycles. The Morgan fingerprint density at radius 2 is 1.12 bits per heavy atom. The molecule has 5 nitrogen and oxygen atoms in total. The molecule has 1 fully saturated rings. The van der Waals surface area contributed by atoms with E-state index in [1.807, 2.05) is 87.2 Å². The maximum atomic E-state index is 15.4. The molecular weight excluding hydrogens is 420 g/mol. The van der Waals surface area contributed by atoms with Gasteiger partial charge >= 0.3 is 7.12 Å². The van der Waals surface area contributed by atoms with Crippen molar-refractivity contribution in [2.75, 3.05) is 19.1 Å². The molecule has 0 N–H and O–H groups in total. The Hall–Kier alpha value is -3.03. The van der Waals surface area contributed by atoms with Crippen LogP contribution in [0, 0.1) is 5.82 Å². The molecule has 7 heteroatoms. The smallest absolute Gasteiger partial charge is 0.497 e. The highest BCUT2D eigenvalue weighted by atomic mass is 19.1. The summed E-state index contributed by atoms with van der Waals surface area (Å²) in [7, 11) is 2.49. The van der Waals surface area contributed by atoms with E-state index in [4.69, 9.17) is 18.8 Å². The zero-order valence-electron chi connectivity index (χ0n) is 19.9. The average molecular weight is 449 g/mol. The molecule has 0 bridgehead atoms. The molecule has 0 atom stereocenters. The highest BCUT2D eigenvalue weighted by Gasteiger charge is 2.52. The summed E-state index contributed by atoms with van der Waals surface area (Å²) >= 11 is 0. The fourth-order valence-corrected chi connectivity index (χ4v) is 3.73. The number of methoxy groups -OCH3 is 2. The van der Waals surface area contributed by atoms with Gasteiger partial charge in [-0.2, -0.15) is 0 Å². The van der Waals surface area contributed by atoms with Crippen LogP contribution in [0.1, 0.15) is 27.7 Å². The quantitative estimate of drug-likeness (QED) is 0.458. The number of benzene rings is 3.